The summed E-state index contributed by atoms with van der Waals surface area (Å²) in [5.41, 5.74) is 9.42. The molecule has 2 aromatic heterocycles. The number of anilines is 3. The maximum atomic E-state index is 6.33. The van der Waals surface area contributed by atoms with Crippen molar-refractivity contribution < 1.29 is 4.42 Å². The average Bonchev–Trinajstić information content (AvgIpc) is 3.63. The number of rotatable bonds is 5. The van der Waals surface area contributed by atoms with Gasteiger partial charge in [0, 0.05) is 16.8 Å². The highest BCUT2D eigenvalue weighted by Crippen LogP contribution is 2.44. The third-order valence-corrected chi connectivity index (χ3v) is 10.9. The lowest BCUT2D eigenvalue weighted by Gasteiger charge is -2.26. The SMILES string of the molecule is c1ccc2c(c1)cc(-c1ccc(N(c3ccc(-c4cc5ccccc5c5ccccc45)cc3)c3cncc4oc5ccccc5c34)cc1)c1ccccc12. The topological polar surface area (TPSA) is 29.3 Å². The van der Waals surface area contributed by atoms with E-state index >= 15 is 0 Å². The van der Waals surface area contributed by atoms with Crippen LogP contribution < -0.4 is 4.90 Å². The van der Waals surface area contributed by atoms with Crippen LogP contribution in [-0.4, -0.2) is 4.98 Å². The summed E-state index contributed by atoms with van der Waals surface area (Å²) in [5, 5.41) is 12.1. The van der Waals surface area contributed by atoms with Gasteiger partial charge in [-0.05, 0) is 108 Å². The normalized spacial score (nSPS) is 11.7. The number of hydrogen-bond acceptors (Lipinski definition) is 3. The molecule has 0 spiro atoms. The fraction of sp³-hybridized carbons (Fsp3) is 0. The molecule has 0 saturated carbocycles. The molecular formula is C51H32N2O. The van der Waals surface area contributed by atoms with Crippen molar-refractivity contribution in [2.45, 2.75) is 0 Å². The second-order valence-corrected chi connectivity index (χ2v) is 13.9. The van der Waals surface area contributed by atoms with E-state index in [4.69, 9.17) is 9.40 Å². The van der Waals surface area contributed by atoms with E-state index in [0.717, 1.165) is 39.0 Å². The van der Waals surface area contributed by atoms with Crippen molar-refractivity contribution in [3.8, 4) is 22.3 Å². The van der Waals surface area contributed by atoms with Crippen LogP contribution in [-0.2, 0) is 0 Å². The van der Waals surface area contributed by atoms with Crippen molar-refractivity contribution in [1.82, 2.24) is 4.98 Å². The molecule has 0 aliphatic rings. The van der Waals surface area contributed by atoms with Crippen molar-refractivity contribution in [1.29, 1.82) is 0 Å². The Balaban J connectivity index is 1.08. The first-order valence-electron chi connectivity index (χ1n) is 18.4. The first-order valence-corrected chi connectivity index (χ1v) is 18.4. The molecule has 0 N–H and O–H groups in total. The highest BCUT2D eigenvalue weighted by atomic mass is 16.3. The maximum Gasteiger partial charge on any atom is 0.155 e. The molecule has 0 atom stereocenters. The molecule has 0 saturated heterocycles. The predicted octanol–water partition coefficient (Wildman–Crippen LogP) is 14.4. The lowest BCUT2D eigenvalue weighted by atomic mass is 9.93. The van der Waals surface area contributed by atoms with E-state index in [0.29, 0.717) is 0 Å². The highest BCUT2D eigenvalue weighted by molar-refractivity contribution is 6.16. The van der Waals surface area contributed by atoms with Gasteiger partial charge in [0.1, 0.15) is 5.58 Å². The maximum absolute atomic E-state index is 6.33. The molecule has 2 heterocycles. The van der Waals surface area contributed by atoms with Gasteiger partial charge < -0.3 is 9.32 Å². The Morgan fingerprint density at radius 3 is 1.35 bits per heavy atom. The zero-order valence-corrected chi connectivity index (χ0v) is 29.3. The minimum atomic E-state index is 0.761. The quantitative estimate of drug-likeness (QED) is 0.169. The first-order chi connectivity index (χ1) is 26.8. The fourth-order valence-corrected chi connectivity index (χ4v) is 8.42. The summed E-state index contributed by atoms with van der Waals surface area (Å²) in [6.07, 6.45) is 3.78. The van der Waals surface area contributed by atoms with Crippen LogP contribution in [0.1, 0.15) is 0 Å². The summed E-state index contributed by atoms with van der Waals surface area (Å²) >= 11 is 0. The standard InChI is InChI=1S/C51H32N2O/c1-3-13-39-35(11-1)29-46(43-17-7-5-15-41(39)43)33-21-25-37(26-22-33)53(48-31-52-32-50-51(48)45-19-9-10-20-49(45)54-50)38-27-23-34(24-28-38)47-30-36-12-2-4-14-40(36)42-16-6-8-18-44(42)47/h1-32H. The third kappa shape index (κ3) is 4.79. The van der Waals surface area contributed by atoms with Gasteiger partial charge in [0.2, 0.25) is 0 Å². The summed E-state index contributed by atoms with van der Waals surface area (Å²) in [7, 11) is 0. The van der Waals surface area contributed by atoms with Crippen LogP contribution in [0.15, 0.2) is 199 Å². The molecule has 0 bridgehead atoms. The molecule has 3 heteroatoms. The lowest BCUT2D eigenvalue weighted by Crippen LogP contribution is -2.10. The van der Waals surface area contributed by atoms with E-state index in [9.17, 15) is 0 Å². The molecule has 54 heavy (non-hydrogen) atoms. The van der Waals surface area contributed by atoms with Gasteiger partial charge in [-0.25, -0.2) is 0 Å². The Bertz CT molecular complexity index is 3050. The minimum absolute atomic E-state index is 0.761. The Hall–Kier alpha value is -7.23. The molecule has 0 radical (unpaired) electrons. The van der Waals surface area contributed by atoms with Crippen molar-refractivity contribution in [3.63, 3.8) is 0 Å². The Labute approximate surface area is 312 Å². The van der Waals surface area contributed by atoms with Gasteiger partial charge in [0.25, 0.3) is 0 Å². The molecular weight excluding hydrogens is 657 g/mol. The van der Waals surface area contributed by atoms with Crippen LogP contribution in [0.25, 0.3) is 87.3 Å². The van der Waals surface area contributed by atoms with E-state index in [1.54, 1.807) is 0 Å². The molecule has 0 fully saturated rings. The van der Waals surface area contributed by atoms with Gasteiger partial charge >= 0.3 is 0 Å². The summed E-state index contributed by atoms with van der Waals surface area (Å²) in [5.74, 6) is 0. The first kappa shape index (κ1) is 30.4. The van der Waals surface area contributed by atoms with E-state index in [2.05, 4.69) is 175 Å². The molecule has 9 aromatic carbocycles. The van der Waals surface area contributed by atoms with Crippen molar-refractivity contribution in [2.75, 3.05) is 4.90 Å². The number of para-hydroxylation sites is 1. The van der Waals surface area contributed by atoms with E-state index in [1.165, 1.54) is 65.3 Å². The summed E-state index contributed by atoms with van der Waals surface area (Å²) in [4.78, 5) is 7.01. The van der Waals surface area contributed by atoms with Crippen LogP contribution in [0.5, 0.6) is 0 Å². The number of hydrogen-bond donors (Lipinski definition) is 0. The minimum Gasteiger partial charge on any atom is -0.454 e. The average molecular weight is 689 g/mol. The second-order valence-electron chi connectivity index (χ2n) is 13.9. The van der Waals surface area contributed by atoms with Crippen molar-refractivity contribution in [3.05, 3.63) is 194 Å². The van der Waals surface area contributed by atoms with Crippen LogP contribution in [0, 0.1) is 0 Å². The number of fused-ring (bicyclic) bond motifs is 9. The smallest absolute Gasteiger partial charge is 0.155 e. The van der Waals surface area contributed by atoms with E-state index in [-0.39, 0.29) is 0 Å². The lowest BCUT2D eigenvalue weighted by molar-refractivity contribution is 0.667. The van der Waals surface area contributed by atoms with Crippen LogP contribution in [0.2, 0.25) is 0 Å². The van der Waals surface area contributed by atoms with Gasteiger partial charge in [-0.2, -0.15) is 0 Å². The molecule has 0 aliphatic heterocycles. The number of nitrogens with zero attached hydrogens (tertiary/aromatic N) is 2. The molecule has 11 aromatic rings. The number of benzene rings is 9. The summed E-state index contributed by atoms with van der Waals surface area (Å²) in [6, 6.07) is 65.5. The summed E-state index contributed by atoms with van der Waals surface area (Å²) < 4.78 is 6.33. The Morgan fingerprint density at radius 2 is 0.815 bits per heavy atom. The zero-order chi connectivity index (χ0) is 35.6. The zero-order valence-electron chi connectivity index (χ0n) is 29.3. The van der Waals surface area contributed by atoms with Gasteiger partial charge in [0.15, 0.2) is 5.58 Å². The van der Waals surface area contributed by atoms with Crippen LogP contribution in [0.4, 0.5) is 17.1 Å². The summed E-state index contributed by atoms with van der Waals surface area (Å²) in [6.45, 7) is 0. The molecule has 0 aliphatic carbocycles. The number of aromatic nitrogens is 1. The van der Waals surface area contributed by atoms with E-state index in [1.807, 2.05) is 24.5 Å². The molecule has 0 unspecified atom stereocenters. The number of furan rings is 1. The van der Waals surface area contributed by atoms with E-state index < -0.39 is 0 Å². The molecule has 252 valence electrons. The van der Waals surface area contributed by atoms with Crippen LogP contribution >= 0.6 is 0 Å². The van der Waals surface area contributed by atoms with Gasteiger partial charge in [-0.15, -0.1) is 0 Å². The number of pyridine rings is 1. The largest absolute Gasteiger partial charge is 0.454 e. The molecule has 3 nitrogen and oxygen atoms in total. The second kappa shape index (κ2) is 12.2. The molecule has 0 amide bonds. The fourth-order valence-electron chi connectivity index (χ4n) is 8.42. The van der Waals surface area contributed by atoms with Gasteiger partial charge in [-0.1, -0.05) is 140 Å². The Morgan fingerprint density at radius 1 is 0.370 bits per heavy atom. The van der Waals surface area contributed by atoms with Gasteiger partial charge in [-0.3, -0.25) is 4.98 Å². The highest BCUT2D eigenvalue weighted by Gasteiger charge is 2.21. The van der Waals surface area contributed by atoms with Crippen molar-refractivity contribution >= 4 is 82.1 Å². The predicted molar refractivity (Wildman–Crippen MR) is 227 cm³/mol. The van der Waals surface area contributed by atoms with Crippen molar-refractivity contribution in [2.24, 2.45) is 0 Å². The Kier molecular flexibility index (Phi) is 6.86. The third-order valence-electron chi connectivity index (χ3n) is 10.9. The van der Waals surface area contributed by atoms with Gasteiger partial charge in [0.05, 0.1) is 23.5 Å². The molecule has 11 rings (SSSR count). The van der Waals surface area contributed by atoms with Crippen LogP contribution in [0.3, 0.4) is 0 Å². The monoisotopic (exact) mass is 688 g/mol.